The van der Waals surface area contributed by atoms with E-state index in [1.165, 1.54) is 24.3 Å². The third-order valence-electron chi connectivity index (χ3n) is 3.00. The van der Waals surface area contributed by atoms with Crippen LogP contribution >= 0.6 is 11.8 Å². The van der Waals surface area contributed by atoms with Crippen molar-refractivity contribution in [3.63, 3.8) is 0 Å². The van der Waals surface area contributed by atoms with E-state index >= 15 is 0 Å². The molecule has 6 heteroatoms. The first-order valence-electron chi connectivity index (χ1n) is 7.51. The van der Waals surface area contributed by atoms with Crippen molar-refractivity contribution in [3.05, 3.63) is 30.1 Å². The first-order chi connectivity index (χ1) is 10.7. The second kappa shape index (κ2) is 11.2. The SMILES string of the molecule is CN=C(NCCCCSC)NCC(C)Oc1ccc(F)cc1. The summed E-state index contributed by atoms with van der Waals surface area (Å²) in [6.45, 7) is 3.50. The number of thioether (sulfide) groups is 1. The molecular weight excluding hydrogens is 301 g/mol. The van der Waals surface area contributed by atoms with Crippen molar-refractivity contribution in [1.82, 2.24) is 10.6 Å². The number of nitrogens with zero attached hydrogens (tertiary/aromatic N) is 1. The number of unbranched alkanes of at least 4 members (excludes halogenated alkanes) is 1. The molecule has 124 valence electrons. The van der Waals surface area contributed by atoms with Gasteiger partial charge in [0.15, 0.2) is 5.96 Å². The molecule has 0 aliphatic carbocycles. The van der Waals surface area contributed by atoms with Gasteiger partial charge >= 0.3 is 0 Å². The lowest BCUT2D eigenvalue weighted by atomic mass is 10.3. The monoisotopic (exact) mass is 327 g/mol. The van der Waals surface area contributed by atoms with Gasteiger partial charge in [-0.15, -0.1) is 0 Å². The minimum absolute atomic E-state index is 0.0412. The van der Waals surface area contributed by atoms with E-state index < -0.39 is 0 Å². The summed E-state index contributed by atoms with van der Waals surface area (Å²) in [6.07, 6.45) is 4.41. The Morgan fingerprint density at radius 2 is 2.00 bits per heavy atom. The normalized spacial score (nSPS) is 12.8. The molecule has 0 radical (unpaired) electrons. The number of guanidine groups is 1. The maximum Gasteiger partial charge on any atom is 0.191 e. The molecule has 0 bridgehead atoms. The summed E-state index contributed by atoms with van der Waals surface area (Å²) >= 11 is 1.87. The first kappa shape index (κ1) is 18.6. The van der Waals surface area contributed by atoms with Crippen LogP contribution in [0.1, 0.15) is 19.8 Å². The van der Waals surface area contributed by atoms with Gasteiger partial charge in [0, 0.05) is 13.6 Å². The van der Waals surface area contributed by atoms with Crippen molar-refractivity contribution in [2.24, 2.45) is 4.99 Å². The molecule has 1 aromatic carbocycles. The van der Waals surface area contributed by atoms with Gasteiger partial charge in [-0.2, -0.15) is 11.8 Å². The standard InChI is InChI=1S/C16H26FN3OS/c1-13(21-15-8-6-14(17)7-9-15)12-20-16(18-2)19-10-4-5-11-22-3/h6-9,13H,4-5,10-12H2,1-3H3,(H2,18,19,20). The van der Waals surface area contributed by atoms with Crippen molar-refractivity contribution >= 4 is 17.7 Å². The van der Waals surface area contributed by atoms with Crippen molar-refractivity contribution in [2.45, 2.75) is 25.9 Å². The summed E-state index contributed by atoms with van der Waals surface area (Å²) < 4.78 is 18.5. The van der Waals surface area contributed by atoms with E-state index in [0.717, 1.165) is 18.9 Å². The Morgan fingerprint density at radius 3 is 2.64 bits per heavy atom. The summed E-state index contributed by atoms with van der Waals surface area (Å²) in [4.78, 5) is 4.18. The van der Waals surface area contributed by atoms with Gasteiger partial charge in [-0.25, -0.2) is 4.39 Å². The average Bonchev–Trinajstić information content (AvgIpc) is 2.52. The van der Waals surface area contributed by atoms with E-state index in [0.29, 0.717) is 12.3 Å². The van der Waals surface area contributed by atoms with Gasteiger partial charge in [0.25, 0.3) is 0 Å². The van der Waals surface area contributed by atoms with Crippen molar-refractivity contribution in [1.29, 1.82) is 0 Å². The fraction of sp³-hybridized carbons (Fsp3) is 0.562. The van der Waals surface area contributed by atoms with Crippen LogP contribution in [0.3, 0.4) is 0 Å². The van der Waals surface area contributed by atoms with E-state index in [1.807, 2.05) is 18.7 Å². The van der Waals surface area contributed by atoms with Gasteiger partial charge in [-0.3, -0.25) is 4.99 Å². The molecule has 0 spiro atoms. The molecule has 1 aromatic rings. The zero-order chi connectivity index (χ0) is 16.2. The zero-order valence-corrected chi connectivity index (χ0v) is 14.4. The van der Waals surface area contributed by atoms with E-state index in [4.69, 9.17) is 4.74 Å². The molecule has 0 saturated carbocycles. The Labute approximate surface area is 136 Å². The Morgan fingerprint density at radius 1 is 1.27 bits per heavy atom. The number of halogens is 1. The Balaban J connectivity index is 2.23. The topological polar surface area (TPSA) is 45.7 Å². The maximum atomic E-state index is 12.8. The average molecular weight is 327 g/mol. The van der Waals surface area contributed by atoms with Gasteiger partial charge < -0.3 is 15.4 Å². The predicted molar refractivity (Wildman–Crippen MR) is 93.5 cm³/mol. The van der Waals surface area contributed by atoms with E-state index in [2.05, 4.69) is 21.9 Å². The Bertz CT molecular complexity index is 440. The van der Waals surface area contributed by atoms with E-state index in [-0.39, 0.29) is 11.9 Å². The highest BCUT2D eigenvalue weighted by atomic mass is 32.2. The molecule has 22 heavy (non-hydrogen) atoms. The lowest BCUT2D eigenvalue weighted by Crippen LogP contribution is -2.42. The second-order valence-corrected chi connectivity index (χ2v) is 5.95. The summed E-state index contributed by atoms with van der Waals surface area (Å²) in [5.41, 5.74) is 0. The number of ether oxygens (including phenoxy) is 1. The quantitative estimate of drug-likeness (QED) is 0.416. The van der Waals surface area contributed by atoms with Gasteiger partial charge in [0.05, 0.1) is 6.54 Å². The van der Waals surface area contributed by atoms with Crippen LogP contribution < -0.4 is 15.4 Å². The smallest absolute Gasteiger partial charge is 0.191 e. The lowest BCUT2D eigenvalue weighted by Gasteiger charge is -2.17. The van der Waals surface area contributed by atoms with Crippen molar-refractivity contribution < 1.29 is 9.13 Å². The summed E-state index contributed by atoms with van der Waals surface area (Å²) in [7, 11) is 1.75. The molecule has 4 nitrogen and oxygen atoms in total. The minimum atomic E-state index is -0.260. The number of hydrogen-bond donors (Lipinski definition) is 2. The van der Waals surface area contributed by atoms with Gasteiger partial charge in [0.2, 0.25) is 0 Å². The van der Waals surface area contributed by atoms with Crippen LogP contribution in [-0.4, -0.2) is 44.2 Å². The molecule has 1 rings (SSSR count). The van der Waals surface area contributed by atoms with Crippen LogP contribution in [-0.2, 0) is 0 Å². The largest absolute Gasteiger partial charge is 0.489 e. The highest BCUT2D eigenvalue weighted by Gasteiger charge is 2.05. The maximum absolute atomic E-state index is 12.8. The second-order valence-electron chi connectivity index (χ2n) is 4.96. The Kier molecular flexibility index (Phi) is 9.46. The molecule has 1 unspecified atom stereocenters. The minimum Gasteiger partial charge on any atom is -0.489 e. The third-order valence-corrected chi connectivity index (χ3v) is 3.70. The third kappa shape index (κ3) is 8.12. The molecule has 1 atom stereocenters. The summed E-state index contributed by atoms with van der Waals surface area (Å²) in [5.74, 6) is 2.37. The first-order valence-corrected chi connectivity index (χ1v) is 8.90. The number of benzene rings is 1. The van der Waals surface area contributed by atoms with Crippen LogP contribution in [0.5, 0.6) is 5.75 Å². The van der Waals surface area contributed by atoms with Gasteiger partial charge in [0.1, 0.15) is 17.7 Å². The molecule has 0 aliphatic heterocycles. The molecule has 0 amide bonds. The highest BCUT2D eigenvalue weighted by molar-refractivity contribution is 7.98. The fourth-order valence-corrected chi connectivity index (χ4v) is 2.32. The molecular formula is C16H26FN3OS. The summed E-state index contributed by atoms with van der Waals surface area (Å²) in [5, 5.41) is 6.51. The highest BCUT2D eigenvalue weighted by Crippen LogP contribution is 2.12. The van der Waals surface area contributed by atoms with E-state index in [9.17, 15) is 4.39 Å². The summed E-state index contributed by atoms with van der Waals surface area (Å²) in [6, 6.07) is 6.05. The molecule has 0 aliphatic rings. The van der Waals surface area contributed by atoms with Crippen LogP contribution in [0.2, 0.25) is 0 Å². The number of aliphatic imine (C=N–C) groups is 1. The van der Waals surface area contributed by atoms with Crippen LogP contribution in [0.25, 0.3) is 0 Å². The molecule has 2 N–H and O–H groups in total. The molecule has 0 aromatic heterocycles. The number of hydrogen-bond acceptors (Lipinski definition) is 3. The van der Waals surface area contributed by atoms with Gasteiger partial charge in [-0.1, -0.05) is 0 Å². The molecule has 0 fully saturated rings. The fourth-order valence-electron chi connectivity index (χ4n) is 1.83. The van der Waals surface area contributed by atoms with Gasteiger partial charge in [-0.05, 0) is 56.0 Å². The lowest BCUT2D eigenvalue weighted by molar-refractivity contribution is 0.223. The van der Waals surface area contributed by atoms with Crippen LogP contribution in [0.4, 0.5) is 4.39 Å². The van der Waals surface area contributed by atoms with Crippen molar-refractivity contribution in [3.8, 4) is 5.75 Å². The van der Waals surface area contributed by atoms with Crippen molar-refractivity contribution in [2.75, 3.05) is 32.1 Å². The Hall–Kier alpha value is -1.43. The zero-order valence-electron chi connectivity index (χ0n) is 13.6. The molecule has 0 heterocycles. The molecule has 0 saturated heterocycles. The number of nitrogens with one attached hydrogen (secondary N) is 2. The number of rotatable bonds is 9. The van der Waals surface area contributed by atoms with Crippen LogP contribution in [0.15, 0.2) is 29.3 Å². The van der Waals surface area contributed by atoms with Crippen LogP contribution in [0, 0.1) is 5.82 Å². The van der Waals surface area contributed by atoms with E-state index in [1.54, 1.807) is 19.2 Å². The predicted octanol–water partition coefficient (Wildman–Crippen LogP) is 2.90.